The summed E-state index contributed by atoms with van der Waals surface area (Å²) in [7, 11) is 2.92. The van der Waals surface area contributed by atoms with Crippen LogP contribution >= 0.6 is 44.3 Å². The van der Waals surface area contributed by atoms with Gasteiger partial charge in [0.25, 0.3) is 0 Å². The molecule has 2 rings (SSSR count). The molecule has 0 unspecified atom stereocenters. The van der Waals surface area contributed by atoms with Crippen molar-refractivity contribution < 1.29 is 9.59 Å². The monoisotopic (exact) mass is 346 g/mol. The molecule has 6 nitrogen and oxygen atoms in total. The first-order valence-electron chi connectivity index (χ1n) is 5.34. The van der Waals surface area contributed by atoms with E-state index in [4.69, 9.17) is 0 Å². The van der Waals surface area contributed by atoms with Crippen LogP contribution in [-0.4, -0.2) is 21.8 Å². The van der Waals surface area contributed by atoms with Crippen molar-refractivity contribution in [3.05, 3.63) is 12.4 Å². The maximum Gasteiger partial charge on any atom is 0.221 e. The highest BCUT2D eigenvalue weighted by atomic mass is 33.1. The second kappa shape index (κ2) is 7.07. The summed E-state index contributed by atoms with van der Waals surface area (Å²) in [6.07, 6.45) is 3.25. The van der Waals surface area contributed by atoms with Gasteiger partial charge in [-0.15, -0.1) is 0 Å². The predicted octanol–water partition coefficient (Wildman–Crippen LogP) is 3.32. The molecule has 0 aliphatic rings. The molecule has 106 valence electrons. The van der Waals surface area contributed by atoms with Gasteiger partial charge in [0.1, 0.15) is 10.0 Å². The standard InChI is InChI=1S/C10H10N4O2S4/c1-5(15)13-7-3-11-9(17-7)19-20-10-12-4-8(18-10)14-6(2)16/h3-4H,1-2H3,(H,13,15)(H,14,16). The van der Waals surface area contributed by atoms with E-state index in [1.807, 2.05) is 0 Å². The molecule has 2 aromatic heterocycles. The van der Waals surface area contributed by atoms with Crippen molar-refractivity contribution in [1.29, 1.82) is 0 Å². The number of carbonyl (C=O) groups excluding carboxylic acids is 2. The Hall–Kier alpha value is -1.10. The molecule has 0 bridgehead atoms. The van der Waals surface area contributed by atoms with Gasteiger partial charge in [0, 0.05) is 13.8 Å². The van der Waals surface area contributed by atoms with Crippen LogP contribution in [0.1, 0.15) is 13.8 Å². The van der Waals surface area contributed by atoms with E-state index >= 15 is 0 Å². The average molecular weight is 346 g/mol. The molecular weight excluding hydrogens is 336 g/mol. The van der Waals surface area contributed by atoms with Crippen LogP contribution in [0.2, 0.25) is 0 Å². The number of rotatable bonds is 5. The number of anilines is 2. The van der Waals surface area contributed by atoms with Gasteiger partial charge >= 0.3 is 0 Å². The molecule has 0 aliphatic carbocycles. The summed E-state index contributed by atoms with van der Waals surface area (Å²) in [5, 5.41) is 6.81. The highest BCUT2D eigenvalue weighted by Crippen LogP contribution is 2.42. The maximum absolute atomic E-state index is 10.9. The molecule has 0 atom stereocenters. The largest absolute Gasteiger partial charge is 0.317 e. The van der Waals surface area contributed by atoms with Gasteiger partial charge < -0.3 is 10.6 Å². The number of hydrogen-bond donors (Lipinski definition) is 2. The highest BCUT2D eigenvalue weighted by Gasteiger charge is 2.08. The number of thiazole rings is 2. The van der Waals surface area contributed by atoms with Gasteiger partial charge in [-0.3, -0.25) is 9.59 Å². The van der Waals surface area contributed by atoms with Crippen LogP contribution in [0, 0.1) is 0 Å². The number of nitrogens with one attached hydrogen (secondary N) is 2. The molecule has 0 fully saturated rings. The topological polar surface area (TPSA) is 84.0 Å². The Labute approximate surface area is 131 Å². The zero-order valence-electron chi connectivity index (χ0n) is 10.5. The van der Waals surface area contributed by atoms with E-state index in [9.17, 15) is 9.59 Å². The lowest BCUT2D eigenvalue weighted by atomic mass is 10.7. The Kier molecular flexibility index (Phi) is 5.40. The van der Waals surface area contributed by atoms with E-state index < -0.39 is 0 Å². The molecule has 2 aromatic rings. The van der Waals surface area contributed by atoms with Crippen molar-refractivity contribution >= 4 is 66.1 Å². The first kappa shape index (κ1) is 15.3. The van der Waals surface area contributed by atoms with Gasteiger partial charge in [0.15, 0.2) is 8.68 Å². The lowest BCUT2D eigenvalue weighted by Crippen LogP contribution is -2.03. The maximum atomic E-state index is 10.9. The summed E-state index contributed by atoms with van der Waals surface area (Å²) >= 11 is 2.81. The molecule has 0 spiro atoms. The van der Waals surface area contributed by atoms with Crippen molar-refractivity contribution in [3.8, 4) is 0 Å². The number of nitrogens with zero attached hydrogens (tertiary/aromatic N) is 2. The van der Waals surface area contributed by atoms with E-state index in [1.54, 1.807) is 12.4 Å². The Morgan fingerprint density at radius 1 is 0.950 bits per heavy atom. The van der Waals surface area contributed by atoms with E-state index in [1.165, 1.54) is 58.1 Å². The van der Waals surface area contributed by atoms with Crippen LogP contribution in [0.3, 0.4) is 0 Å². The van der Waals surface area contributed by atoms with Crippen molar-refractivity contribution in [1.82, 2.24) is 9.97 Å². The highest BCUT2D eigenvalue weighted by molar-refractivity contribution is 8.77. The quantitative estimate of drug-likeness (QED) is 0.808. The second-order valence-corrected chi connectivity index (χ2v) is 8.19. The Morgan fingerprint density at radius 2 is 1.35 bits per heavy atom. The normalized spacial score (nSPS) is 10.3. The molecule has 20 heavy (non-hydrogen) atoms. The number of amides is 2. The summed E-state index contributed by atoms with van der Waals surface area (Å²) in [4.78, 5) is 30.2. The number of aromatic nitrogens is 2. The summed E-state index contributed by atoms with van der Waals surface area (Å²) in [6.45, 7) is 2.92. The van der Waals surface area contributed by atoms with Crippen LogP contribution in [0.25, 0.3) is 0 Å². The van der Waals surface area contributed by atoms with Crippen molar-refractivity contribution in [3.63, 3.8) is 0 Å². The molecule has 2 N–H and O–H groups in total. The third-order valence-corrected chi connectivity index (χ3v) is 6.58. The third-order valence-electron chi connectivity index (χ3n) is 1.75. The van der Waals surface area contributed by atoms with E-state index in [2.05, 4.69) is 20.6 Å². The number of carbonyl (C=O) groups is 2. The second-order valence-electron chi connectivity index (χ2n) is 3.51. The molecule has 2 heterocycles. The molecule has 2 amide bonds. The Bertz CT molecular complexity index is 570. The summed E-state index contributed by atoms with van der Waals surface area (Å²) in [5.41, 5.74) is 0. The first-order valence-corrected chi connectivity index (χ1v) is 9.12. The number of hydrogen-bond acceptors (Lipinski definition) is 8. The minimum Gasteiger partial charge on any atom is -0.317 e. The summed E-state index contributed by atoms with van der Waals surface area (Å²) in [5.74, 6) is -0.226. The SMILES string of the molecule is CC(=O)Nc1cnc(SSc2ncc(NC(C)=O)s2)s1. The van der Waals surface area contributed by atoms with E-state index in [0.717, 1.165) is 18.7 Å². The Balaban J connectivity index is 1.88. The first-order chi connectivity index (χ1) is 9.52. The lowest BCUT2D eigenvalue weighted by Gasteiger charge is -1.94. The predicted molar refractivity (Wildman–Crippen MR) is 84.5 cm³/mol. The van der Waals surface area contributed by atoms with Crippen LogP contribution in [0.4, 0.5) is 10.0 Å². The van der Waals surface area contributed by atoms with Gasteiger partial charge in [0.05, 0.1) is 12.4 Å². The van der Waals surface area contributed by atoms with Gasteiger partial charge in [-0.1, -0.05) is 22.7 Å². The molecule has 10 heteroatoms. The summed E-state index contributed by atoms with van der Waals surface area (Å²) < 4.78 is 1.66. The van der Waals surface area contributed by atoms with Crippen LogP contribution in [0.15, 0.2) is 21.1 Å². The average Bonchev–Trinajstić information content (AvgIpc) is 2.94. The minimum absolute atomic E-state index is 0.113. The zero-order chi connectivity index (χ0) is 14.5. The molecular formula is C10H10N4O2S4. The van der Waals surface area contributed by atoms with Gasteiger partial charge in [-0.05, 0) is 21.6 Å². The summed E-state index contributed by atoms with van der Waals surface area (Å²) in [6, 6.07) is 0. The molecule has 0 radical (unpaired) electrons. The lowest BCUT2D eigenvalue weighted by molar-refractivity contribution is -0.115. The fourth-order valence-corrected chi connectivity index (χ4v) is 5.37. The van der Waals surface area contributed by atoms with E-state index in [-0.39, 0.29) is 11.8 Å². The molecule has 0 saturated heterocycles. The van der Waals surface area contributed by atoms with Gasteiger partial charge in [-0.2, -0.15) is 0 Å². The van der Waals surface area contributed by atoms with Gasteiger partial charge in [-0.25, -0.2) is 9.97 Å². The van der Waals surface area contributed by atoms with E-state index in [0.29, 0.717) is 0 Å². The third kappa shape index (κ3) is 4.78. The van der Waals surface area contributed by atoms with Crippen molar-refractivity contribution in [2.75, 3.05) is 10.6 Å². The molecule has 0 aliphatic heterocycles. The van der Waals surface area contributed by atoms with Crippen molar-refractivity contribution in [2.24, 2.45) is 0 Å². The molecule has 0 aromatic carbocycles. The fraction of sp³-hybridized carbons (Fsp3) is 0.200. The smallest absolute Gasteiger partial charge is 0.221 e. The van der Waals surface area contributed by atoms with Gasteiger partial charge in [0.2, 0.25) is 11.8 Å². The Morgan fingerprint density at radius 3 is 1.70 bits per heavy atom. The van der Waals surface area contributed by atoms with Crippen molar-refractivity contribution in [2.45, 2.75) is 22.5 Å². The zero-order valence-corrected chi connectivity index (χ0v) is 13.8. The molecule has 0 saturated carbocycles. The van der Waals surface area contributed by atoms with Crippen LogP contribution in [0.5, 0.6) is 0 Å². The minimum atomic E-state index is -0.113. The van der Waals surface area contributed by atoms with Crippen LogP contribution in [-0.2, 0) is 9.59 Å². The van der Waals surface area contributed by atoms with Crippen LogP contribution < -0.4 is 10.6 Å². The fourth-order valence-electron chi connectivity index (χ4n) is 1.13.